The first-order chi connectivity index (χ1) is 16.2. The van der Waals surface area contributed by atoms with Crippen molar-refractivity contribution in [2.45, 2.75) is 12.1 Å². The summed E-state index contributed by atoms with van der Waals surface area (Å²) in [6.07, 6.45) is 5.90. The van der Waals surface area contributed by atoms with Gasteiger partial charge in [-0.3, -0.25) is 9.78 Å². The van der Waals surface area contributed by atoms with Gasteiger partial charge in [0.25, 0.3) is 0 Å². The van der Waals surface area contributed by atoms with Crippen LogP contribution < -0.4 is 10.6 Å². The van der Waals surface area contributed by atoms with Crippen LogP contribution >= 0.6 is 12.2 Å². The van der Waals surface area contributed by atoms with Crippen LogP contribution in [-0.4, -0.2) is 32.0 Å². The molecule has 2 N–H and O–H groups in total. The van der Waals surface area contributed by atoms with Crippen molar-refractivity contribution < 1.29 is 4.79 Å². The Balaban J connectivity index is 1.46. The van der Waals surface area contributed by atoms with E-state index < -0.39 is 0 Å². The highest BCUT2D eigenvalue weighted by Gasteiger charge is 2.41. The smallest absolute Gasteiger partial charge is 0.244 e. The van der Waals surface area contributed by atoms with Gasteiger partial charge in [0.05, 0.1) is 17.8 Å². The summed E-state index contributed by atoms with van der Waals surface area (Å²) < 4.78 is 2.08. The summed E-state index contributed by atoms with van der Waals surface area (Å²) in [5.74, 6) is -0.125. The number of para-hydroxylation sites is 2. The number of hydrogen-bond donors (Lipinski definition) is 2. The van der Waals surface area contributed by atoms with E-state index in [1.807, 2.05) is 77.8 Å². The molecule has 1 fully saturated rings. The molecule has 0 saturated carbocycles. The van der Waals surface area contributed by atoms with Gasteiger partial charge in [0.2, 0.25) is 5.91 Å². The first kappa shape index (κ1) is 20.9. The van der Waals surface area contributed by atoms with Crippen molar-refractivity contribution in [1.29, 1.82) is 0 Å². The average Bonchev–Trinajstić information content (AvgIpc) is 3.46. The molecule has 3 heterocycles. The predicted molar refractivity (Wildman–Crippen MR) is 133 cm³/mol. The fourth-order valence-corrected chi connectivity index (χ4v) is 4.47. The molecule has 7 heteroatoms. The van der Waals surface area contributed by atoms with Gasteiger partial charge >= 0.3 is 0 Å². The molecule has 0 bridgehead atoms. The van der Waals surface area contributed by atoms with E-state index in [4.69, 9.17) is 12.2 Å². The van der Waals surface area contributed by atoms with Gasteiger partial charge in [0.1, 0.15) is 6.54 Å². The van der Waals surface area contributed by atoms with Crippen LogP contribution in [0.3, 0.4) is 0 Å². The van der Waals surface area contributed by atoms with Gasteiger partial charge in [0.15, 0.2) is 5.11 Å². The molecular formula is C26H23N5OS. The Morgan fingerprint density at radius 3 is 2.42 bits per heavy atom. The first-order valence-corrected chi connectivity index (χ1v) is 11.2. The second-order valence-corrected chi connectivity index (χ2v) is 8.24. The minimum absolute atomic E-state index is 0.125. The number of carbonyl (C=O) groups is 1. The first-order valence-electron chi connectivity index (χ1n) is 10.8. The average molecular weight is 454 g/mol. The van der Waals surface area contributed by atoms with Gasteiger partial charge in [-0.1, -0.05) is 42.5 Å². The molecule has 2 aromatic carbocycles. The van der Waals surface area contributed by atoms with Gasteiger partial charge in [-0.05, 0) is 60.2 Å². The number of pyridine rings is 1. The monoisotopic (exact) mass is 453 g/mol. The fourth-order valence-electron chi connectivity index (χ4n) is 4.16. The molecule has 1 amide bonds. The lowest BCUT2D eigenvalue weighted by atomic mass is 9.99. The maximum Gasteiger partial charge on any atom is 0.244 e. The number of hydrogen-bond acceptors (Lipinski definition) is 3. The second kappa shape index (κ2) is 9.26. The van der Waals surface area contributed by atoms with Crippen LogP contribution in [0.15, 0.2) is 104 Å². The third kappa shape index (κ3) is 4.49. The van der Waals surface area contributed by atoms with Gasteiger partial charge in [-0.15, -0.1) is 0 Å². The number of carbonyl (C=O) groups excluding carboxylic acids is 1. The third-order valence-corrected chi connectivity index (χ3v) is 6.03. The van der Waals surface area contributed by atoms with Crippen LogP contribution in [0, 0.1) is 0 Å². The van der Waals surface area contributed by atoms with E-state index in [2.05, 4.69) is 44.6 Å². The van der Waals surface area contributed by atoms with Crippen molar-refractivity contribution in [2.75, 3.05) is 11.9 Å². The lowest BCUT2D eigenvalue weighted by molar-refractivity contribution is -0.116. The standard InChI is InChI=1S/C26H23N5OS/c32-23(28-20-9-3-1-4-10-20)18-31-25(24(29-26(31)33)22-13-7-8-15-27-22)19-14-16-30(17-19)21-11-5-2-6-12-21/h1-17,24-25H,18H2,(H,28,32)(H,29,33)/t24-,25+/m0/s1. The molecule has 2 aromatic heterocycles. The molecule has 1 saturated heterocycles. The van der Waals surface area contributed by atoms with Gasteiger partial charge in [0, 0.05) is 30.0 Å². The SMILES string of the molecule is O=C(CN1C(=S)N[C@@H](c2ccccn2)[C@H]1c1ccn(-c2ccccc2)c1)Nc1ccccc1. The Morgan fingerprint density at radius 2 is 1.70 bits per heavy atom. The van der Waals surface area contributed by atoms with Gasteiger partial charge < -0.3 is 20.1 Å². The van der Waals surface area contributed by atoms with Crippen LogP contribution in [0.25, 0.3) is 5.69 Å². The van der Waals surface area contributed by atoms with Crippen LogP contribution in [-0.2, 0) is 4.79 Å². The van der Waals surface area contributed by atoms with Gasteiger partial charge in [-0.25, -0.2) is 0 Å². The number of nitrogens with one attached hydrogen (secondary N) is 2. The number of thiocarbonyl (C=S) groups is 1. The minimum Gasteiger partial charge on any atom is -0.352 e. The summed E-state index contributed by atoms with van der Waals surface area (Å²) in [5.41, 5.74) is 3.76. The molecule has 5 rings (SSSR count). The zero-order chi connectivity index (χ0) is 22.6. The number of anilines is 1. The van der Waals surface area contributed by atoms with Crippen molar-refractivity contribution in [1.82, 2.24) is 19.8 Å². The van der Waals surface area contributed by atoms with Crippen LogP contribution in [0.2, 0.25) is 0 Å². The molecule has 0 aliphatic carbocycles. The molecular weight excluding hydrogens is 430 g/mol. The molecule has 0 spiro atoms. The summed E-state index contributed by atoms with van der Waals surface area (Å²) in [5, 5.41) is 6.88. The number of benzene rings is 2. The summed E-state index contributed by atoms with van der Waals surface area (Å²) >= 11 is 5.68. The minimum atomic E-state index is -0.182. The molecule has 164 valence electrons. The molecule has 4 aromatic rings. The Labute approximate surface area is 197 Å². The van der Waals surface area contributed by atoms with E-state index in [1.54, 1.807) is 6.20 Å². The molecule has 2 atom stereocenters. The summed E-state index contributed by atoms with van der Waals surface area (Å²) in [6, 6.07) is 27.1. The molecule has 33 heavy (non-hydrogen) atoms. The molecule has 1 aliphatic heterocycles. The fraction of sp³-hybridized carbons (Fsp3) is 0.115. The lowest BCUT2D eigenvalue weighted by Gasteiger charge is -2.26. The molecule has 1 aliphatic rings. The summed E-state index contributed by atoms with van der Waals surface area (Å²) in [4.78, 5) is 19.4. The largest absolute Gasteiger partial charge is 0.352 e. The number of nitrogens with zero attached hydrogens (tertiary/aromatic N) is 3. The zero-order valence-corrected chi connectivity index (χ0v) is 18.7. The van der Waals surface area contributed by atoms with Crippen molar-refractivity contribution in [3.63, 3.8) is 0 Å². The van der Waals surface area contributed by atoms with Crippen LogP contribution in [0.1, 0.15) is 23.3 Å². The molecule has 6 nitrogen and oxygen atoms in total. The highest BCUT2D eigenvalue weighted by molar-refractivity contribution is 7.80. The molecule has 0 radical (unpaired) electrons. The van der Waals surface area contributed by atoms with Crippen molar-refractivity contribution >= 4 is 28.9 Å². The van der Waals surface area contributed by atoms with E-state index >= 15 is 0 Å². The Hall–Kier alpha value is -3.97. The number of rotatable bonds is 6. The van der Waals surface area contributed by atoms with Crippen LogP contribution in [0.5, 0.6) is 0 Å². The molecule has 0 unspecified atom stereocenters. The van der Waals surface area contributed by atoms with Crippen LogP contribution in [0.4, 0.5) is 5.69 Å². The highest BCUT2D eigenvalue weighted by atomic mass is 32.1. The summed E-state index contributed by atoms with van der Waals surface area (Å²) in [7, 11) is 0. The maximum atomic E-state index is 12.9. The summed E-state index contributed by atoms with van der Waals surface area (Å²) in [6.45, 7) is 0.130. The van der Waals surface area contributed by atoms with Gasteiger partial charge in [-0.2, -0.15) is 0 Å². The van der Waals surface area contributed by atoms with E-state index in [0.29, 0.717) is 5.11 Å². The highest BCUT2D eigenvalue weighted by Crippen LogP contribution is 2.38. The van der Waals surface area contributed by atoms with Crippen molar-refractivity contribution in [3.05, 3.63) is 115 Å². The normalized spacial score (nSPS) is 17.6. The number of amides is 1. The number of aromatic nitrogens is 2. The third-order valence-electron chi connectivity index (χ3n) is 5.68. The van der Waals surface area contributed by atoms with E-state index in [1.165, 1.54) is 0 Å². The van der Waals surface area contributed by atoms with E-state index in [0.717, 1.165) is 22.6 Å². The van der Waals surface area contributed by atoms with E-state index in [9.17, 15) is 4.79 Å². The Morgan fingerprint density at radius 1 is 0.970 bits per heavy atom. The van der Waals surface area contributed by atoms with Crippen molar-refractivity contribution in [2.24, 2.45) is 0 Å². The van der Waals surface area contributed by atoms with Crippen molar-refractivity contribution in [3.8, 4) is 5.69 Å². The quantitative estimate of drug-likeness (QED) is 0.422. The van der Waals surface area contributed by atoms with E-state index in [-0.39, 0.29) is 24.5 Å². The zero-order valence-electron chi connectivity index (χ0n) is 17.8. The topological polar surface area (TPSA) is 62.2 Å². The predicted octanol–water partition coefficient (Wildman–Crippen LogP) is 4.48. The maximum absolute atomic E-state index is 12.9. The Bertz CT molecular complexity index is 1240. The Kier molecular flexibility index (Phi) is 5.87. The second-order valence-electron chi connectivity index (χ2n) is 7.86. The lowest BCUT2D eigenvalue weighted by Crippen LogP contribution is -2.37.